The third kappa shape index (κ3) is 11.6. The zero-order chi connectivity index (χ0) is 13.6. The van der Waals surface area contributed by atoms with Crippen molar-refractivity contribution in [2.75, 3.05) is 6.54 Å². The van der Waals surface area contributed by atoms with Gasteiger partial charge in [0.1, 0.15) is 0 Å². The number of hydrogen-bond acceptors (Lipinski definition) is 4. The molecule has 0 heterocycles. The van der Waals surface area contributed by atoms with E-state index in [1.165, 1.54) is 12.8 Å². The van der Waals surface area contributed by atoms with Gasteiger partial charge in [-0.2, -0.15) is 5.53 Å². The molecule has 1 unspecified atom stereocenters. The SMILES string of the molecule is CCCC(CCCCCCCNNN)NC(=O)O. The van der Waals surface area contributed by atoms with E-state index in [9.17, 15) is 4.79 Å². The van der Waals surface area contributed by atoms with Gasteiger partial charge in [0.15, 0.2) is 0 Å². The Morgan fingerprint density at radius 2 is 1.83 bits per heavy atom. The van der Waals surface area contributed by atoms with Crippen molar-refractivity contribution < 1.29 is 9.90 Å². The fraction of sp³-hybridized carbons (Fsp3) is 0.917. The first kappa shape index (κ1) is 17.2. The fourth-order valence-electron chi connectivity index (χ4n) is 2.02. The number of rotatable bonds is 12. The van der Waals surface area contributed by atoms with Gasteiger partial charge in [-0.25, -0.2) is 10.2 Å². The summed E-state index contributed by atoms with van der Waals surface area (Å²) >= 11 is 0. The molecule has 0 rings (SSSR count). The van der Waals surface area contributed by atoms with E-state index in [0.717, 1.165) is 45.1 Å². The first-order chi connectivity index (χ1) is 8.70. The first-order valence-corrected chi connectivity index (χ1v) is 6.88. The summed E-state index contributed by atoms with van der Waals surface area (Å²) in [4.78, 5) is 10.6. The molecular weight excluding hydrogens is 232 g/mol. The molecule has 6 heteroatoms. The lowest BCUT2D eigenvalue weighted by atomic mass is 10.0. The molecular formula is C12H28N4O2. The van der Waals surface area contributed by atoms with Crippen LogP contribution in [0.15, 0.2) is 0 Å². The molecule has 0 aromatic heterocycles. The van der Waals surface area contributed by atoms with Crippen LogP contribution in [0.25, 0.3) is 0 Å². The Morgan fingerprint density at radius 3 is 2.44 bits per heavy atom. The smallest absolute Gasteiger partial charge is 0.404 e. The molecule has 18 heavy (non-hydrogen) atoms. The van der Waals surface area contributed by atoms with Crippen molar-refractivity contribution in [2.24, 2.45) is 5.84 Å². The zero-order valence-electron chi connectivity index (χ0n) is 11.4. The molecule has 0 bridgehead atoms. The Bertz CT molecular complexity index is 203. The highest BCUT2D eigenvalue weighted by Gasteiger charge is 2.09. The molecule has 0 aliphatic heterocycles. The van der Waals surface area contributed by atoms with Crippen molar-refractivity contribution >= 4 is 6.09 Å². The predicted octanol–water partition coefficient (Wildman–Crippen LogP) is 1.73. The number of amides is 1. The van der Waals surface area contributed by atoms with Crippen molar-refractivity contribution in [1.82, 2.24) is 16.3 Å². The van der Waals surface area contributed by atoms with Gasteiger partial charge in [-0.15, -0.1) is 0 Å². The third-order valence-electron chi connectivity index (χ3n) is 2.92. The van der Waals surface area contributed by atoms with Crippen LogP contribution in [0.3, 0.4) is 0 Å². The van der Waals surface area contributed by atoms with Gasteiger partial charge >= 0.3 is 6.09 Å². The van der Waals surface area contributed by atoms with Crippen LogP contribution in [-0.2, 0) is 0 Å². The maximum absolute atomic E-state index is 10.6. The highest BCUT2D eigenvalue weighted by molar-refractivity contribution is 5.64. The molecule has 0 radical (unpaired) electrons. The normalized spacial score (nSPS) is 12.3. The van der Waals surface area contributed by atoms with Crippen molar-refractivity contribution in [2.45, 2.75) is 64.3 Å². The largest absolute Gasteiger partial charge is 0.465 e. The van der Waals surface area contributed by atoms with Crippen LogP contribution in [0, 0.1) is 0 Å². The minimum Gasteiger partial charge on any atom is -0.465 e. The number of carbonyl (C=O) groups is 1. The topological polar surface area (TPSA) is 99.4 Å². The molecule has 0 aliphatic carbocycles. The van der Waals surface area contributed by atoms with Crippen LogP contribution in [0.5, 0.6) is 0 Å². The van der Waals surface area contributed by atoms with E-state index in [0.29, 0.717) is 0 Å². The summed E-state index contributed by atoms with van der Waals surface area (Å²) in [6, 6.07) is 0.121. The number of nitrogens with two attached hydrogens (primary N) is 1. The summed E-state index contributed by atoms with van der Waals surface area (Å²) in [7, 11) is 0. The zero-order valence-corrected chi connectivity index (χ0v) is 11.4. The van der Waals surface area contributed by atoms with Gasteiger partial charge in [0.2, 0.25) is 0 Å². The standard InChI is InChI=1S/C12H28N4O2/c1-2-8-11(15-12(17)18)9-6-4-3-5-7-10-14-16-13/h11,14-16H,2-10,13H2,1H3,(H,17,18). The molecule has 6 nitrogen and oxygen atoms in total. The molecule has 0 aliphatic rings. The average molecular weight is 260 g/mol. The lowest BCUT2D eigenvalue weighted by Gasteiger charge is -2.15. The molecule has 0 aromatic carbocycles. The van der Waals surface area contributed by atoms with Crippen LogP contribution in [0.4, 0.5) is 4.79 Å². The second kappa shape index (κ2) is 12.6. The molecule has 0 fully saturated rings. The van der Waals surface area contributed by atoms with E-state index < -0.39 is 6.09 Å². The Labute approximate surface area is 110 Å². The van der Waals surface area contributed by atoms with E-state index in [2.05, 4.69) is 23.2 Å². The van der Waals surface area contributed by atoms with E-state index in [-0.39, 0.29) is 6.04 Å². The van der Waals surface area contributed by atoms with Crippen LogP contribution in [-0.4, -0.2) is 23.8 Å². The van der Waals surface area contributed by atoms with Gasteiger partial charge in [0.25, 0.3) is 0 Å². The van der Waals surface area contributed by atoms with Crippen LogP contribution in [0.2, 0.25) is 0 Å². The highest BCUT2D eigenvalue weighted by atomic mass is 16.4. The van der Waals surface area contributed by atoms with Crippen molar-refractivity contribution in [1.29, 1.82) is 0 Å². The molecule has 0 spiro atoms. The maximum atomic E-state index is 10.6. The summed E-state index contributed by atoms with van der Waals surface area (Å²) in [5.41, 5.74) is 5.25. The minimum atomic E-state index is -0.909. The quantitative estimate of drug-likeness (QED) is 0.209. The molecule has 0 aromatic rings. The summed E-state index contributed by atoms with van der Waals surface area (Å²) in [6.07, 6.45) is 7.72. The third-order valence-corrected chi connectivity index (χ3v) is 2.92. The van der Waals surface area contributed by atoms with Crippen LogP contribution >= 0.6 is 0 Å². The Kier molecular flexibility index (Phi) is 12.0. The van der Waals surface area contributed by atoms with E-state index in [4.69, 9.17) is 10.9 Å². The van der Waals surface area contributed by atoms with Gasteiger partial charge in [-0.3, -0.25) is 5.84 Å². The first-order valence-electron chi connectivity index (χ1n) is 6.88. The Morgan fingerprint density at radius 1 is 1.17 bits per heavy atom. The van der Waals surface area contributed by atoms with E-state index in [1.54, 1.807) is 0 Å². The lowest BCUT2D eigenvalue weighted by Crippen LogP contribution is -2.38. The van der Waals surface area contributed by atoms with E-state index >= 15 is 0 Å². The van der Waals surface area contributed by atoms with E-state index in [1.807, 2.05) is 0 Å². The number of unbranched alkanes of at least 4 members (excludes halogenated alkanes) is 4. The maximum Gasteiger partial charge on any atom is 0.404 e. The van der Waals surface area contributed by atoms with Gasteiger partial charge < -0.3 is 10.4 Å². The Balaban J connectivity index is 3.40. The molecule has 0 saturated heterocycles. The van der Waals surface area contributed by atoms with Crippen LogP contribution in [0.1, 0.15) is 58.3 Å². The Hall–Kier alpha value is -0.850. The summed E-state index contributed by atoms with van der Waals surface area (Å²) < 4.78 is 0. The monoisotopic (exact) mass is 260 g/mol. The number of carboxylic acid groups (broad SMARTS) is 1. The minimum absolute atomic E-state index is 0.121. The molecule has 1 amide bonds. The summed E-state index contributed by atoms with van der Waals surface area (Å²) in [5, 5.41) is 11.3. The van der Waals surface area contributed by atoms with Crippen molar-refractivity contribution in [3.8, 4) is 0 Å². The summed E-state index contributed by atoms with van der Waals surface area (Å²) in [5.74, 6) is 5.08. The second-order valence-corrected chi connectivity index (χ2v) is 4.56. The van der Waals surface area contributed by atoms with Crippen LogP contribution < -0.4 is 22.1 Å². The lowest BCUT2D eigenvalue weighted by molar-refractivity contribution is 0.188. The summed E-state index contributed by atoms with van der Waals surface area (Å²) in [6.45, 7) is 2.96. The van der Waals surface area contributed by atoms with Gasteiger partial charge in [-0.05, 0) is 19.3 Å². The van der Waals surface area contributed by atoms with Gasteiger partial charge in [0.05, 0.1) is 0 Å². The van der Waals surface area contributed by atoms with Gasteiger partial charge in [0, 0.05) is 12.6 Å². The van der Waals surface area contributed by atoms with Crippen molar-refractivity contribution in [3.63, 3.8) is 0 Å². The molecule has 0 saturated carbocycles. The second-order valence-electron chi connectivity index (χ2n) is 4.56. The molecule has 1 atom stereocenters. The average Bonchev–Trinajstić information content (AvgIpc) is 2.32. The molecule has 6 N–H and O–H groups in total. The fourth-order valence-corrected chi connectivity index (χ4v) is 2.02. The number of hydrogen-bond donors (Lipinski definition) is 5. The number of hydrazine groups is 2. The number of nitrogens with one attached hydrogen (secondary N) is 3. The molecule has 108 valence electrons. The van der Waals surface area contributed by atoms with Gasteiger partial charge in [-0.1, -0.05) is 39.0 Å². The predicted molar refractivity (Wildman–Crippen MR) is 72.9 cm³/mol. The van der Waals surface area contributed by atoms with Crippen molar-refractivity contribution in [3.05, 3.63) is 0 Å². The highest BCUT2D eigenvalue weighted by Crippen LogP contribution is 2.10.